The Hall–Kier alpha value is -2.10. The van der Waals surface area contributed by atoms with E-state index in [0.717, 1.165) is 29.7 Å². The Bertz CT molecular complexity index is 534. The van der Waals surface area contributed by atoms with Crippen LogP contribution in [0.15, 0.2) is 41.6 Å². The molecule has 1 atom stereocenters. The molecule has 4 heteroatoms. The van der Waals surface area contributed by atoms with Crippen molar-refractivity contribution in [3.63, 3.8) is 0 Å². The van der Waals surface area contributed by atoms with Gasteiger partial charge in [0, 0.05) is 17.7 Å². The summed E-state index contributed by atoms with van der Waals surface area (Å²) in [5.41, 5.74) is 2.48. The van der Waals surface area contributed by atoms with E-state index in [1.165, 1.54) is 0 Å². The molecule has 18 heavy (non-hydrogen) atoms. The number of hydrogen-bond donors (Lipinski definition) is 2. The lowest BCUT2D eigenvalue weighted by molar-refractivity contribution is -0.116. The number of benzene rings is 1. The van der Waals surface area contributed by atoms with Crippen LogP contribution in [-0.2, 0) is 4.79 Å². The molecule has 3 rings (SSSR count). The molecule has 0 saturated heterocycles. The van der Waals surface area contributed by atoms with Gasteiger partial charge in [0.05, 0.1) is 6.04 Å². The van der Waals surface area contributed by atoms with Crippen molar-refractivity contribution in [2.75, 3.05) is 0 Å². The number of Topliss-reactive ketones (excluding diaryl/α,β-unsaturated/α-hetero) is 1. The van der Waals surface area contributed by atoms with Crippen molar-refractivity contribution in [3.8, 4) is 0 Å². The summed E-state index contributed by atoms with van der Waals surface area (Å²) in [7, 11) is 0. The first-order valence-corrected chi connectivity index (χ1v) is 6.14. The molecule has 0 saturated carbocycles. The molecular weight excluding hydrogens is 228 g/mol. The number of ketones is 1. The Morgan fingerprint density at radius 1 is 1.06 bits per heavy atom. The highest BCUT2D eigenvalue weighted by atomic mass is 16.2. The third kappa shape index (κ3) is 1.79. The van der Waals surface area contributed by atoms with Crippen LogP contribution in [0, 0.1) is 0 Å². The Morgan fingerprint density at radius 3 is 2.61 bits per heavy atom. The summed E-state index contributed by atoms with van der Waals surface area (Å²) in [6.07, 6.45) is 2.16. The van der Waals surface area contributed by atoms with Crippen LogP contribution >= 0.6 is 0 Å². The fourth-order valence-corrected chi connectivity index (χ4v) is 2.60. The molecule has 0 radical (unpaired) electrons. The molecule has 0 spiro atoms. The van der Waals surface area contributed by atoms with E-state index in [1.54, 1.807) is 0 Å². The maximum atomic E-state index is 12.1. The lowest BCUT2D eigenvalue weighted by Gasteiger charge is -2.32. The number of carbonyl (C=O) groups is 2. The minimum absolute atomic E-state index is 0.137. The van der Waals surface area contributed by atoms with E-state index in [-0.39, 0.29) is 17.9 Å². The molecule has 0 fully saturated rings. The van der Waals surface area contributed by atoms with E-state index >= 15 is 0 Å². The van der Waals surface area contributed by atoms with Crippen molar-refractivity contribution in [2.45, 2.75) is 25.3 Å². The van der Waals surface area contributed by atoms with Crippen LogP contribution in [0.5, 0.6) is 0 Å². The number of hydrogen-bond acceptors (Lipinski definition) is 2. The van der Waals surface area contributed by atoms with Crippen LogP contribution in [0.3, 0.4) is 0 Å². The molecule has 0 bridgehead atoms. The Morgan fingerprint density at radius 2 is 1.83 bits per heavy atom. The molecule has 2 amide bonds. The maximum Gasteiger partial charge on any atom is 0.319 e. The average Bonchev–Trinajstić information content (AvgIpc) is 2.39. The first-order valence-electron chi connectivity index (χ1n) is 6.14. The summed E-state index contributed by atoms with van der Waals surface area (Å²) < 4.78 is 0. The van der Waals surface area contributed by atoms with Crippen molar-refractivity contribution >= 4 is 11.8 Å². The van der Waals surface area contributed by atoms with Gasteiger partial charge in [0.2, 0.25) is 0 Å². The second-order valence-corrected chi connectivity index (χ2v) is 4.61. The molecule has 1 heterocycles. The van der Waals surface area contributed by atoms with Gasteiger partial charge in [-0.25, -0.2) is 4.79 Å². The van der Waals surface area contributed by atoms with Crippen LogP contribution in [-0.4, -0.2) is 11.8 Å². The predicted molar refractivity (Wildman–Crippen MR) is 66.7 cm³/mol. The average molecular weight is 242 g/mol. The molecule has 1 aromatic carbocycles. The first kappa shape index (κ1) is 11.0. The summed E-state index contributed by atoms with van der Waals surface area (Å²) in [6, 6.07) is 9.09. The Kier molecular flexibility index (Phi) is 2.63. The SMILES string of the molecule is O=C1NC2=C(C(=O)CCC2)[C@@H](c2ccccc2)N1. The molecular formula is C14H14N2O2. The van der Waals surface area contributed by atoms with E-state index in [9.17, 15) is 9.59 Å². The summed E-state index contributed by atoms with van der Waals surface area (Å²) in [5, 5.41) is 5.59. The molecule has 0 unspecified atom stereocenters. The van der Waals surface area contributed by atoms with Gasteiger partial charge in [-0.2, -0.15) is 0 Å². The number of urea groups is 1. The zero-order chi connectivity index (χ0) is 12.5. The zero-order valence-electron chi connectivity index (χ0n) is 9.90. The molecule has 0 aromatic heterocycles. The van der Waals surface area contributed by atoms with Gasteiger partial charge in [0.25, 0.3) is 0 Å². The highest BCUT2D eigenvalue weighted by molar-refractivity contribution is 6.00. The molecule has 92 valence electrons. The van der Waals surface area contributed by atoms with E-state index in [0.29, 0.717) is 6.42 Å². The smallest absolute Gasteiger partial charge is 0.319 e. The summed E-state index contributed by atoms with van der Waals surface area (Å²) in [4.78, 5) is 23.7. The van der Waals surface area contributed by atoms with Crippen molar-refractivity contribution in [1.82, 2.24) is 10.6 Å². The predicted octanol–water partition coefficient (Wildman–Crippen LogP) is 2.05. The first-order chi connectivity index (χ1) is 8.75. The molecule has 1 aliphatic heterocycles. The highest BCUT2D eigenvalue weighted by Crippen LogP contribution is 2.32. The molecule has 2 N–H and O–H groups in total. The lowest BCUT2D eigenvalue weighted by atomic mass is 9.85. The van der Waals surface area contributed by atoms with Gasteiger partial charge in [0.1, 0.15) is 0 Å². The molecule has 4 nitrogen and oxygen atoms in total. The number of carbonyl (C=O) groups excluding carboxylic acids is 2. The summed E-state index contributed by atoms with van der Waals surface area (Å²) in [6.45, 7) is 0. The van der Waals surface area contributed by atoms with Crippen molar-refractivity contribution in [3.05, 3.63) is 47.2 Å². The number of amides is 2. The van der Waals surface area contributed by atoms with Gasteiger partial charge in [-0.1, -0.05) is 30.3 Å². The number of nitrogens with one attached hydrogen (secondary N) is 2. The molecule has 1 aliphatic carbocycles. The standard InChI is InChI=1S/C14H14N2O2/c17-11-8-4-7-10-12(11)13(16-14(18)15-10)9-5-2-1-3-6-9/h1-3,5-6,13H,4,7-8H2,(H2,15,16,18)/t13-/m1/s1. The van der Waals surface area contributed by atoms with E-state index in [1.807, 2.05) is 30.3 Å². The monoisotopic (exact) mass is 242 g/mol. The van der Waals surface area contributed by atoms with E-state index in [2.05, 4.69) is 10.6 Å². The van der Waals surface area contributed by atoms with E-state index in [4.69, 9.17) is 0 Å². The van der Waals surface area contributed by atoms with Gasteiger partial charge < -0.3 is 10.6 Å². The van der Waals surface area contributed by atoms with Crippen LogP contribution in [0.1, 0.15) is 30.9 Å². The fourth-order valence-electron chi connectivity index (χ4n) is 2.60. The van der Waals surface area contributed by atoms with Gasteiger partial charge in [-0.3, -0.25) is 4.79 Å². The molecule has 1 aromatic rings. The highest BCUT2D eigenvalue weighted by Gasteiger charge is 2.33. The second-order valence-electron chi connectivity index (χ2n) is 4.61. The van der Waals surface area contributed by atoms with Crippen molar-refractivity contribution in [1.29, 1.82) is 0 Å². The minimum atomic E-state index is -0.303. The molecule has 2 aliphatic rings. The second kappa shape index (κ2) is 4.29. The Labute approximate surface area is 105 Å². The topological polar surface area (TPSA) is 58.2 Å². The largest absolute Gasteiger partial charge is 0.327 e. The van der Waals surface area contributed by atoms with Crippen molar-refractivity contribution in [2.24, 2.45) is 0 Å². The number of allylic oxidation sites excluding steroid dienone is 1. The van der Waals surface area contributed by atoms with Gasteiger partial charge in [-0.05, 0) is 18.4 Å². The third-order valence-electron chi connectivity index (χ3n) is 3.42. The van der Waals surface area contributed by atoms with Crippen LogP contribution < -0.4 is 10.6 Å². The maximum absolute atomic E-state index is 12.1. The minimum Gasteiger partial charge on any atom is -0.327 e. The quantitative estimate of drug-likeness (QED) is 0.791. The third-order valence-corrected chi connectivity index (χ3v) is 3.42. The van der Waals surface area contributed by atoms with Crippen LogP contribution in [0.25, 0.3) is 0 Å². The van der Waals surface area contributed by atoms with Crippen molar-refractivity contribution < 1.29 is 9.59 Å². The van der Waals surface area contributed by atoms with E-state index < -0.39 is 0 Å². The van der Waals surface area contributed by atoms with Gasteiger partial charge in [0.15, 0.2) is 5.78 Å². The zero-order valence-corrected chi connectivity index (χ0v) is 9.90. The normalized spacial score (nSPS) is 23.2. The number of rotatable bonds is 1. The van der Waals surface area contributed by atoms with Crippen LogP contribution in [0.4, 0.5) is 4.79 Å². The lowest BCUT2D eigenvalue weighted by Crippen LogP contribution is -2.46. The Balaban J connectivity index is 2.07. The van der Waals surface area contributed by atoms with Gasteiger partial charge in [-0.15, -0.1) is 0 Å². The van der Waals surface area contributed by atoms with Crippen LogP contribution in [0.2, 0.25) is 0 Å². The summed E-state index contributed by atoms with van der Waals surface area (Å²) >= 11 is 0. The van der Waals surface area contributed by atoms with Gasteiger partial charge >= 0.3 is 6.03 Å². The fraction of sp³-hybridized carbons (Fsp3) is 0.286. The summed E-state index contributed by atoms with van der Waals surface area (Å²) in [5.74, 6) is 0.137.